The average molecular weight is 259 g/mol. The van der Waals surface area contributed by atoms with E-state index < -0.39 is 0 Å². The Bertz CT molecular complexity index is 485. The minimum absolute atomic E-state index is 0.00736. The molecule has 0 fully saturated rings. The number of nitrogens with zero attached hydrogens (tertiary/aromatic N) is 1. The molecule has 1 atom stereocenters. The van der Waals surface area contributed by atoms with Crippen LogP contribution in [0.5, 0.6) is 0 Å². The van der Waals surface area contributed by atoms with Crippen molar-refractivity contribution >= 4 is 5.91 Å². The van der Waals surface area contributed by atoms with Crippen molar-refractivity contribution in [3.8, 4) is 11.8 Å². The van der Waals surface area contributed by atoms with Gasteiger partial charge in [-0.05, 0) is 24.1 Å². The van der Waals surface area contributed by atoms with Crippen LogP contribution >= 0.6 is 0 Å². The quantitative estimate of drug-likeness (QED) is 0.842. The van der Waals surface area contributed by atoms with Crippen molar-refractivity contribution in [2.24, 2.45) is 5.92 Å². The highest BCUT2D eigenvalue weighted by molar-refractivity contribution is 5.94. The number of hydrogen-bond acceptors (Lipinski definition) is 2. The van der Waals surface area contributed by atoms with E-state index in [0.717, 1.165) is 18.5 Å². The zero-order valence-corrected chi connectivity index (χ0v) is 11.8. The van der Waals surface area contributed by atoms with E-state index >= 15 is 0 Å². The van der Waals surface area contributed by atoms with Crippen molar-refractivity contribution < 1.29 is 9.90 Å². The molecule has 1 N–H and O–H groups in total. The number of carbonyl (C=O) groups excluding carboxylic acids is 1. The Morgan fingerprint density at radius 2 is 2.21 bits per heavy atom. The van der Waals surface area contributed by atoms with Gasteiger partial charge in [-0.3, -0.25) is 4.79 Å². The Morgan fingerprint density at radius 1 is 1.47 bits per heavy atom. The van der Waals surface area contributed by atoms with Gasteiger partial charge in [0.1, 0.15) is 6.61 Å². The molecule has 0 bridgehead atoms. The van der Waals surface area contributed by atoms with E-state index in [4.69, 9.17) is 5.11 Å². The van der Waals surface area contributed by atoms with Gasteiger partial charge in [0.2, 0.25) is 0 Å². The lowest BCUT2D eigenvalue weighted by Crippen LogP contribution is -2.30. The van der Waals surface area contributed by atoms with Crippen molar-refractivity contribution in [2.45, 2.75) is 20.3 Å². The summed E-state index contributed by atoms with van der Waals surface area (Å²) >= 11 is 0. The molecule has 1 aromatic carbocycles. The second-order valence-corrected chi connectivity index (χ2v) is 4.74. The summed E-state index contributed by atoms with van der Waals surface area (Å²) in [5.41, 5.74) is 1.38. The average Bonchev–Trinajstić information content (AvgIpc) is 2.44. The molecule has 3 nitrogen and oxygen atoms in total. The molecule has 0 saturated carbocycles. The Kier molecular flexibility index (Phi) is 6.11. The fourth-order valence-corrected chi connectivity index (χ4v) is 1.77. The zero-order valence-electron chi connectivity index (χ0n) is 11.8. The van der Waals surface area contributed by atoms with Gasteiger partial charge in [-0.15, -0.1) is 0 Å². The minimum atomic E-state index is -0.175. The van der Waals surface area contributed by atoms with Gasteiger partial charge in [0.25, 0.3) is 5.91 Å². The van der Waals surface area contributed by atoms with E-state index in [1.54, 1.807) is 17.0 Å². The predicted octanol–water partition coefficient (Wildman–Crippen LogP) is 2.15. The lowest BCUT2D eigenvalue weighted by molar-refractivity contribution is 0.0775. The first kappa shape index (κ1) is 15.3. The van der Waals surface area contributed by atoms with E-state index in [1.807, 2.05) is 19.2 Å². The van der Waals surface area contributed by atoms with Crippen molar-refractivity contribution in [3.63, 3.8) is 0 Å². The lowest BCUT2D eigenvalue weighted by Gasteiger charge is -2.20. The van der Waals surface area contributed by atoms with Crippen LogP contribution in [0.3, 0.4) is 0 Å². The molecule has 0 aliphatic carbocycles. The van der Waals surface area contributed by atoms with Crippen LogP contribution in [-0.4, -0.2) is 36.1 Å². The first-order valence-corrected chi connectivity index (χ1v) is 6.53. The second-order valence-electron chi connectivity index (χ2n) is 4.74. The first-order valence-electron chi connectivity index (χ1n) is 6.53. The van der Waals surface area contributed by atoms with Crippen LogP contribution in [0.4, 0.5) is 0 Å². The number of hydrogen-bond donors (Lipinski definition) is 1. The molecule has 0 spiro atoms. The van der Waals surface area contributed by atoms with Gasteiger partial charge in [0, 0.05) is 24.7 Å². The molecular weight excluding hydrogens is 238 g/mol. The third-order valence-corrected chi connectivity index (χ3v) is 3.05. The summed E-state index contributed by atoms with van der Waals surface area (Å²) in [6.45, 7) is 4.83. The molecule has 19 heavy (non-hydrogen) atoms. The molecule has 0 aliphatic heterocycles. The van der Waals surface area contributed by atoms with Gasteiger partial charge in [-0.2, -0.15) is 0 Å². The van der Waals surface area contributed by atoms with Crippen LogP contribution in [0, 0.1) is 17.8 Å². The van der Waals surface area contributed by atoms with Crippen molar-refractivity contribution in [1.82, 2.24) is 4.90 Å². The molecule has 1 amide bonds. The summed E-state index contributed by atoms with van der Waals surface area (Å²) in [4.78, 5) is 14.0. The highest BCUT2D eigenvalue weighted by Gasteiger charge is 2.13. The monoisotopic (exact) mass is 259 g/mol. The number of rotatable bonds is 4. The SMILES string of the molecule is CCC(C)CN(C)C(=O)c1cccc(C#CCO)c1. The maximum Gasteiger partial charge on any atom is 0.253 e. The minimum Gasteiger partial charge on any atom is -0.384 e. The lowest BCUT2D eigenvalue weighted by atomic mass is 10.1. The summed E-state index contributed by atoms with van der Waals surface area (Å²) in [5.74, 6) is 5.89. The topological polar surface area (TPSA) is 40.5 Å². The Morgan fingerprint density at radius 3 is 2.84 bits per heavy atom. The fraction of sp³-hybridized carbons (Fsp3) is 0.438. The summed E-state index contributed by atoms with van der Waals surface area (Å²) in [5, 5.41) is 8.67. The van der Waals surface area contributed by atoms with Gasteiger partial charge >= 0.3 is 0 Å². The van der Waals surface area contributed by atoms with Crippen molar-refractivity contribution in [3.05, 3.63) is 35.4 Å². The molecule has 0 aromatic heterocycles. The van der Waals surface area contributed by atoms with Gasteiger partial charge in [-0.25, -0.2) is 0 Å². The Labute approximate surface area is 115 Å². The van der Waals surface area contributed by atoms with Crippen LogP contribution in [0.2, 0.25) is 0 Å². The van der Waals surface area contributed by atoms with Gasteiger partial charge < -0.3 is 10.0 Å². The van der Waals surface area contributed by atoms with Crippen LogP contribution < -0.4 is 0 Å². The Hall–Kier alpha value is -1.79. The van der Waals surface area contributed by atoms with Crippen LogP contribution in [-0.2, 0) is 0 Å². The van der Waals surface area contributed by atoms with Crippen LogP contribution in [0.25, 0.3) is 0 Å². The Balaban J connectivity index is 2.81. The molecule has 1 rings (SSSR count). The highest BCUT2D eigenvalue weighted by atomic mass is 16.2. The van der Waals surface area contributed by atoms with Crippen LogP contribution in [0.1, 0.15) is 36.2 Å². The molecule has 0 aliphatic rings. The van der Waals surface area contributed by atoms with E-state index in [-0.39, 0.29) is 12.5 Å². The van der Waals surface area contributed by atoms with Crippen molar-refractivity contribution in [2.75, 3.05) is 20.2 Å². The normalized spacial score (nSPS) is 11.4. The number of aliphatic hydroxyl groups excluding tert-OH is 1. The molecule has 3 heteroatoms. The largest absolute Gasteiger partial charge is 0.384 e. The third-order valence-electron chi connectivity index (χ3n) is 3.05. The molecule has 1 aromatic rings. The summed E-state index contributed by atoms with van der Waals surface area (Å²) in [6, 6.07) is 7.19. The van der Waals surface area contributed by atoms with Crippen molar-refractivity contribution in [1.29, 1.82) is 0 Å². The van der Waals surface area contributed by atoms with E-state index in [9.17, 15) is 4.79 Å². The standard InChI is InChI=1S/C16H21NO2/c1-4-13(2)12-17(3)16(19)15-9-5-7-14(11-15)8-6-10-18/h5,7,9,11,13,18H,4,10,12H2,1-3H3. The van der Waals surface area contributed by atoms with Gasteiger partial charge in [0.15, 0.2) is 0 Å². The highest BCUT2D eigenvalue weighted by Crippen LogP contribution is 2.10. The predicted molar refractivity (Wildman–Crippen MR) is 76.8 cm³/mol. The number of benzene rings is 1. The number of carbonyl (C=O) groups is 1. The molecule has 102 valence electrons. The van der Waals surface area contributed by atoms with Gasteiger partial charge in [-0.1, -0.05) is 38.2 Å². The molecule has 0 heterocycles. The number of aliphatic hydroxyl groups is 1. The molecule has 1 unspecified atom stereocenters. The van der Waals surface area contributed by atoms with E-state index in [2.05, 4.69) is 25.7 Å². The maximum atomic E-state index is 12.3. The molecule has 0 radical (unpaired) electrons. The summed E-state index contributed by atoms with van der Waals surface area (Å²) in [7, 11) is 1.82. The van der Waals surface area contributed by atoms with E-state index in [0.29, 0.717) is 11.5 Å². The first-order chi connectivity index (χ1) is 9.08. The summed E-state index contributed by atoms with van der Waals surface area (Å²) < 4.78 is 0. The smallest absolute Gasteiger partial charge is 0.253 e. The van der Waals surface area contributed by atoms with Gasteiger partial charge in [0.05, 0.1) is 0 Å². The van der Waals surface area contributed by atoms with Crippen LogP contribution in [0.15, 0.2) is 24.3 Å². The zero-order chi connectivity index (χ0) is 14.3. The molecule has 0 saturated heterocycles. The fourth-order valence-electron chi connectivity index (χ4n) is 1.77. The molecular formula is C16H21NO2. The second kappa shape index (κ2) is 7.60. The van der Waals surface area contributed by atoms with E-state index in [1.165, 1.54) is 0 Å². The number of amides is 1. The summed E-state index contributed by atoms with van der Waals surface area (Å²) in [6.07, 6.45) is 1.06. The maximum absolute atomic E-state index is 12.3. The third kappa shape index (κ3) is 4.76.